The van der Waals surface area contributed by atoms with Crippen LogP contribution in [0.5, 0.6) is 5.75 Å². The van der Waals surface area contributed by atoms with Crippen LogP contribution in [0, 0.1) is 0 Å². The summed E-state index contributed by atoms with van der Waals surface area (Å²) >= 11 is 0. The molecule has 190 valence electrons. The van der Waals surface area contributed by atoms with E-state index in [9.17, 15) is 4.57 Å². The Balaban J connectivity index is 1.35. The lowest BCUT2D eigenvalue weighted by molar-refractivity contribution is 0.249. The second-order valence-electron chi connectivity index (χ2n) is 9.97. The molecule has 0 saturated carbocycles. The quantitative estimate of drug-likeness (QED) is 0.459. The predicted octanol–water partition coefficient (Wildman–Crippen LogP) is 4.07. The number of para-hydroxylation sites is 1. The second kappa shape index (κ2) is 10.1. The first kappa shape index (κ1) is 24.5. The lowest BCUT2D eigenvalue weighted by Gasteiger charge is -2.37. The molecule has 3 heterocycles. The molecule has 2 aliphatic rings. The third-order valence-electron chi connectivity index (χ3n) is 6.92. The largest absolute Gasteiger partial charge is 0.491 e. The van der Waals surface area contributed by atoms with Gasteiger partial charge < -0.3 is 29.7 Å². The third-order valence-corrected chi connectivity index (χ3v) is 8.47. The van der Waals surface area contributed by atoms with E-state index in [1.54, 1.807) is 13.3 Å². The molecule has 36 heavy (non-hydrogen) atoms. The van der Waals surface area contributed by atoms with Crippen molar-refractivity contribution in [2.24, 2.45) is 0 Å². The normalized spacial score (nSPS) is 16.1. The first-order chi connectivity index (χ1) is 17.3. The average molecular weight is 508 g/mol. The van der Waals surface area contributed by atoms with Gasteiger partial charge in [-0.1, -0.05) is 12.1 Å². The number of rotatable bonds is 7. The molecule has 0 amide bonds. The molecular weight excluding hydrogens is 473 g/mol. The molecule has 1 saturated heterocycles. The smallest absolute Gasteiger partial charge is 0.232 e. The molecule has 0 aliphatic carbocycles. The number of fused-ring (bicyclic) bond motifs is 1. The Morgan fingerprint density at radius 1 is 1.00 bits per heavy atom. The van der Waals surface area contributed by atoms with Gasteiger partial charge in [0.25, 0.3) is 0 Å². The Labute approximate surface area is 212 Å². The van der Waals surface area contributed by atoms with Gasteiger partial charge in [-0.2, -0.15) is 4.98 Å². The Hall–Kier alpha value is -3.16. The van der Waals surface area contributed by atoms with Crippen molar-refractivity contribution in [1.82, 2.24) is 19.9 Å². The molecule has 10 heteroatoms. The van der Waals surface area contributed by atoms with Crippen molar-refractivity contribution < 1.29 is 9.30 Å². The maximum atomic E-state index is 12.7. The first-order valence-electron chi connectivity index (χ1n) is 12.4. The van der Waals surface area contributed by atoms with Crippen molar-refractivity contribution in [3.63, 3.8) is 0 Å². The van der Waals surface area contributed by atoms with E-state index in [-0.39, 0.29) is 0 Å². The Kier molecular flexibility index (Phi) is 6.86. The molecule has 1 aromatic heterocycles. The molecule has 3 aromatic rings. The second-order valence-corrected chi connectivity index (χ2v) is 13.2. The van der Waals surface area contributed by atoms with Crippen LogP contribution in [0.15, 0.2) is 42.7 Å². The fraction of sp³-hybridized carbons (Fsp3) is 0.423. The van der Waals surface area contributed by atoms with Crippen molar-refractivity contribution in [2.45, 2.75) is 25.3 Å². The van der Waals surface area contributed by atoms with E-state index in [1.807, 2.05) is 30.3 Å². The highest BCUT2D eigenvalue weighted by atomic mass is 31.2. The molecule has 0 spiro atoms. The molecule has 0 unspecified atom stereocenters. The number of nitrogens with one attached hydrogen (secondary N) is 2. The number of aromatic nitrogens is 3. The third kappa shape index (κ3) is 5.18. The van der Waals surface area contributed by atoms with E-state index in [1.165, 1.54) is 17.6 Å². The van der Waals surface area contributed by atoms with E-state index in [2.05, 4.69) is 55.5 Å². The minimum absolute atomic E-state index is 0.381. The molecule has 0 bridgehead atoms. The number of benzene rings is 2. The van der Waals surface area contributed by atoms with Crippen LogP contribution in [0.2, 0.25) is 0 Å². The van der Waals surface area contributed by atoms with E-state index < -0.39 is 7.14 Å². The predicted molar refractivity (Wildman–Crippen MR) is 146 cm³/mol. The van der Waals surface area contributed by atoms with Gasteiger partial charge in [0.15, 0.2) is 0 Å². The van der Waals surface area contributed by atoms with Gasteiger partial charge in [-0.25, -0.2) is 9.97 Å². The maximum absolute atomic E-state index is 12.7. The SMILES string of the molecule is CN(C)C1CCN(c2ccc(Nc3ncnc(Nc4ccccc4P(C)(C)=O)n3)c3c2CCO3)CC1. The standard InChI is InChI=1S/C26H34N7O2P/c1-32(2)18-11-14-33(15-12-18)22-10-9-21(24-19(22)13-16-35-24)30-26-28-17-27-25(31-26)29-20-7-5-6-8-23(20)36(3,4)34/h5-10,17-18H,11-16H2,1-4H3,(H2,27,28,29,30,31). The van der Waals surface area contributed by atoms with Crippen molar-refractivity contribution in [3.8, 4) is 5.75 Å². The van der Waals surface area contributed by atoms with Crippen LogP contribution in [0.4, 0.5) is 29.0 Å². The number of ether oxygens (including phenoxy) is 1. The highest BCUT2D eigenvalue weighted by Crippen LogP contribution is 2.42. The van der Waals surface area contributed by atoms with Crippen LogP contribution in [-0.2, 0) is 11.0 Å². The molecule has 2 aliphatic heterocycles. The Bertz CT molecular complexity index is 1290. The zero-order valence-electron chi connectivity index (χ0n) is 21.4. The van der Waals surface area contributed by atoms with Gasteiger partial charge in [-0.3, -0.25) is 0 Å². The summed E-state index contributed by atoms with van der Waals surface area (Å²) < 4.78 is 18.8. The van der Waals surface area contributed by atoms with Gasteiger partial charge >= 0.3 is 0 Å². The molecule has 9 nitrogen and oxygen atoms in total. The van der Waals surface area contributed by atoms with Crippen LogP contribution in [0.1, 0.15) is 18.4 Å². The summed E-state index contributed by atoms with van der Waals surface area (Å²) in [5, 5.41) is 7.29. The van der Waals surface area contributed by atoms with E-state index in [0.29, 0.717) is 24.5 Å². The van der Waals surface area contributed by atoms with Crippen molar-refractivity contribution >= 4 is 41.4 Å². The number of hydrogen-bond acceptors (Lipinski definition) is 9. The van der Waals surface area contributed by atoms with Gasteiger partial charge in [-0.15, -0.1) is 0 Å². The summed E-state index contributed by atoms with van der Waals surface area (Å²) in [6.45, 7) is 6.28. The van der Waals surface area contributed by atoms with Gasteiger partial charge in [-0.05, 0) is 64.5 Å². The topological polar surface area (TPSA) is 95.5 Å². The summed E-state index contributed by atoms with van der Waals surface area (Å²) in [4.78, 5) is 17.9. The average Bonchev–Trinajstić information content (AvgIpc) is 3.35. The molecular formula is C26H34N7O2P. The van der Waals surface area contributed by atoms with Crippen LogP contribution < -0.4 is 25.6 Å². The Morgan fingerprint density at radius 3 is 2.39 bits per heavy atom. The van der Waals surface area contributed by atoms with Crippen LogP contribution in [0.3, 0.4) is 0 Å². The van der Waals surface area contributed by atoms with Crippen molar-refractivity contribution in [2.75, 3.05) is 62.7 Å². The van der Waals surface area contributed by atoms with Crippen LogP contribution in [0.25, 0.3) is 0 Å². The molecule has 2 N–H and O–H groups in total. The number of hydrogen-bond donors (Lipinski definition) is 2. The van der Waals surface area contributed by atoms with Gasteiger partial charge in [0.2, 0.25) is 11.9 Å². The highest BCUT2D eigenvalue weighted by Gasteiger charge is 2.27. The summed E-state index contributed by atoms with van der Waals surface area (Å²) in [7, 11) is 1.87. The lowest BCUT2D eigenvalue weighted by Crippen LogP contribution is -2.42. The van der Waals surface area contributed by atoms with Gasteiger partial charge in [0.05, 0.1) is 18.0 Å². The Morgan fingerprint density at radius 2 is 1.69 bits per heavy atom. The maximum Gasteiger partial charge on any atom is 0.232 e. The number of nitrogens with zero attached hydrogens (tertiary/aromatic N) is 5. The fourth-order valence-electron chi connectivity index (χ4n) is 5.00. The molecule has 0 radical (unpaired) electrons. The zero-order valence-corrected chi connectivity index (χ0v) is 22.3. The van der Waals surface area contributed by atoms with Gasteiger partial charge in [0, 0.05) is 42.1 Å². The van der Waals surface area contributed by atoms with Gasteiger partial charge in [0.1, 0.15) is 19.2 Å². The first-order valence-corrected chi connectivity index (χ1v) is 15.0. The van der Waals surface area contributed by atoms with E-state index in [4.69, 9.17) is 4.74 Å². The van der Waals surface area contributed by atoms with Crippen LogP contribution in [-0.4, -0.2) is 73.0 Å². The van der Waals surface area contributed by atoms with E-state index >= 15 is 0 Å². The summed E-state index contributed by atoms with van der Waals surface area (Å²) in [6.07, 6.45) is 4.68. The minimum Gasteiger partial charge on any atom is -0.491 e. The molecule has 1 fully saturated rings. The zero-order chi connectivity index (χ0) is 25.3. The number of anilines is 5. The molecule has 2 aromatic carbocycles. The minimum atomic E-state index is -2.47. The summed E-state index contributed by atoms with van der Waals surface area (Å²) in [5.74, 6) is 1.67. The number of piperidine rings is 1. The summed E-state index contributed by atoms with van der Waals surface area (Å²) in [5.41, 5.74) is 4.09. The fourth-order valence-corrected chi connectivity index (χ4v) is 6.16. The monoisotopic (exact) mass is 507 g/mol. The summed E-state index contributed by atoms with van der Waals surface area (Å²) in [6, 6.07) is 12.4. The van der Waals surface area contributed by atoms with E-state index in [0.717, 1.165) is 54.8 Å². The van der Waals surface area contributed by atoms with Crippen molar-refractivity contribution in [1.29, 1.82) is 0 Å². The van der Waals surface area contributed by atoms with Crippen LogP contribution >= 0.6 is 7.14 Å². The highest BCUT2D eigenvalue weighted by molar-refractivity contribution is 7.70. The molecule has 0 atom stereocenters. The lowest BCUT2D eigenvalue weighted by atomic mass is 10.0. The van der Waals surface area contributed by atoms with Crippen molar-refractivity contribution in [3.05, 3.63) is 48.3 Å². The molecule has 5 rings (SSSR count).